The Morgan fingerprint density at radius 3 is 2.58 bits per heavy atom. The van der Waals surface area contributed by atoms with Gasteiger partial charge >= 0.3 is 17.8 Å². The first-order valence-corrected chi connectivity index (χ1v) is 7.74. The van der Waals surface area contributed by atoms with Gasteiger partial charge in [-0.1, -0.05) is 13.0 Å². The maximum absolute atomic E-state index is 12.7. The van der Waals surface area contributed by atoms with Crippen molar-refractivity contribution in [1.82, 2.24) is 0 Å². The lowest BCUT2D eigenvalue weighted by molar-refractivity contribution is -0.137. The number of fused-ring (bicyclic) bond motifs is 1. The molecule has 0 aliphatic rings. The predicted octanol–water partition coefficient (Wildman–Crippen LogP) is 4.59. The molecule has 0 unspecified atom stereocenters. The van der Waals surface area contributed by atoms with Crippen molar-refractivity contribution in [1.29, 1.82) is 0 Å². The van der Waals surface area contributed by atoms with Crippen LogP contribution in [0.5, 0.6) is 5.75 Å². The number of hydrogen-bond acceptors (Lipinski definition) is 4. The normalized spacial score (nSPS) is 11.5. The lowest BCUT2D eigenvalue weighted by Gasteiger charge is -2.09. The Morgan fingerprint density at radius 2 is 1.88 bits per heavy atom. The molecular weight excluding hydrogens is 349 g/mol. The van der Waals surface area contributed by atoms with E-state index >= 15 is 0 Å². The van der Waals surface area contributed by atoms with Gasteiger partial charge in [-0.05, 0) is 42.3 Å². The molecule has 0 spiro atoms. The average molecular weight is 362 g/mol. The smallest absolute Gasteiger partial charge is 0.416 e. The number of halogens is 3. The van der Waals surface area contributed by atoms with Crippen molar-refractivity contribution in [2.45, 2.75) is 19.5 Å². The third-order valence-corrected chi connectivity index (χ3v) is 3.82. The van der Waals surface area contributed by atoms with Crippen LogP contribution < -0.4 is 10.4 Å². The monoisotopic (exact) mass is 362 g/mol. The molecular formula is C19H13F3O4. The highest BCUT2D eigenvalue weighted by Gasteiger charge is 2.31. The molecule has 0 fully saturated rings. The zero-order valence-corrected chi connectivity index (χ0v) is 13.6. The second-order valence-corrected chi connectivity index (χ2v) is 5.57. The Labute approximate surface area is 145 Å². The molecule has 26 heavy (non-hydrogen) atoms. The molecule has 3 rings (SSSR count). The maximum Gasteiger partial charge on any atom is 0.416 e. The van der Waals surface area contributed by atoms with Crippen LogP contribution in [0.3, 0.4) is 0 Å². The number of carbonyl (C=O) groups is 1. The lowest BCUT2D eigenvalue weighted by atomic mass is 10.1. The summed E-state index contributed by atoms with van der Waals surface area (Å²) in [5.74, 6) is -0.874. The van der Waals surface area contributed by atoms with Crippen molar-refractivity contribution in [3.05, 3.63) is 75.6 Å². The topological polar surface area (TPSA) is 56.5 Å². The number of alkyl halides is 3. The van der Waals surface area contributed by atoms with Gasteiger partial charge in [-0.25, -0.2) is 9.59 Å². The second kappa shape index (κ2) is 6.67. The maximum atomic E-state index is 12.7. The predicted molar refractivity (Wildman–Crippen MR) is 88.3 cm³/mol. The zero-order chi connectivity index (χ0) is 18.9. The third kappa shape index (κ3) is 3.61. The highest BCUT2D eigenvalue weighted by molar-refractivity contribution is 5.92. The molecule has 7 heteroatoms. The van der Waals surface area contributed by atoms with Crippen LogP contribution >= 0.6 is 0 Å². The summed E-state index contributed by atoms with van der Waals surface area (Å²) in [6, 6.07) is 9.82. The van der Waals surface area contributed by atoms with Gasteiger partial charge in [0, 0.05) is 17.5 Å². The molecule has 1 aromatic heterocycles. The van der Waals surface area contributed by atoms with E-state index < -0.39 is 23.3 Å². The molecule has 0 aliphatic carbocycles. The fraction of sp³-hybridized carbons (Fsp3) is 0.158. The van der Waals surface area contributed by atoms with E-state index in [-0.39, 0.29) is 16.9 Å². The molecule has 0 amide bonds. The Kier molecular flexibility index (Phi) is 4.54. The minimum absolute atomic E-state index is 0.0660. The van der Waals surface area contributed by atoms with Crippen molar-refractivity contribution in [3.8, 4) is 5.75 Å². The zero-order valence-electron chi connectivity index (χ0n) is 13.6. The van der Waals surface area contributed by atoms with E-state index in [2.05, 4.69) is 0 Å². The summed E-state index contributed by atoms with van der Waals surface area (Å²) in [6.45, 7) is 1.88. The van der Waals surface area contributed by atoms with Gasteiger partial charge in [0.1, 0.15) is 11.3 Å². The Hall–Kier alpha value is -3.09. The van der Waals surface area contributed by atoms with Gasteiger partial charge in [-0.2, -0.15) is 13.2 Å². The molecule has 134 valence electrons. The van der Waals surface area contributed by atoms with Crippen LogP contribution in [0.15, 0.2) is 57.7 Å². The van der Waals surface area contributed by atoms with E-state index in [9.17, 15) is 22.8 Å². The molecule has 2 aromatic carbocycles. The van der Waals surface area contributed by atoms with Crippen molar-refractivity contribution in [2.24, 2.45) is 0 Å². The van der Waals surface area contributed by atoms with Gasteiger partial charge in [0.15, 0.2) is 0 Å². The molecule has 0 saturated heterocycles. The largest absolute Gasteiger partial charge is 0.423 e. The first kappa shape index (κ1) is 17.7. The van der Waals surface area contributed by atoms with Crippen LogP contribution in [-0.2, 0) is 12.6 Å². The van der Waals surface area contributed by atoms with Gasteiger partial charge in [-0.3, -0.25) is 0 Å². The van der Waals surface area contributed by atoms with Crippen LogP contribution in [0, 0.1) is 0 Å². The highest BCUT2D eigenvalue weighted by Crippen LogP contribution is 2.30. The lowest BCUT2D eigenvalue weighted by Crippen LogP contribution is -2.11. The van der Waals surface area contributed by atoms with Crippen molar-refractivity contribution in [2.75, 3.05) is 0 Å². The van der Waals surface area contributed by atoms with Gasteiger partial charge in [0.2, 0.25) is 0 Å². The van der Waals surface area contributed by atoms with Gasteiger partial charge in [0.25, 0.3) is 0 Å². The number of benzene rings is 2. The number of carbonyl (C=O) groups excluding carboxylic acids is 1. The molecule has 0 saturated carbocycles. The highest BCUT2D eigenvalue weighted by atomic mass is 19.4. The van der Waals surface area contributed by atoms with Crippen LogP contribution in [-0.4, -0.2) is 5.97 Å². The molecule has 0 N–H and O–H groups in total. The summed E-state index contributed by atoms with van der Waals surface area (Å²) in [6.07, 6.45) is -3.94. The number of rotatable bonds is 3. The molecule has 0 atom stereocenters. The fourth-order valence-corrected chi connectivity index (χ4v) is 2.55. The van der Waals surface area contributed by atoms with E-state index in [1.165, 1.54) is 24.3 Å². The molecule has 3 aromatic rings. The van der Waals surface area contributed by atoms with E-state index in [0.29, 0.717) is 11.8 Å². The molecule has 1 heterocycles. The van der Waals surface area contributed by atoms with Crippen LogP contribution in [0.1, 0.15) is 28.4 Å². The second-order valence-electron chi connectivity index (χ2n) is 5.57. The Balaban J connectivity index is 1.91. The minimum Gasteiger partial charge on any atom is -0.423 e. The summed E-state index contributed by atoms with van der Waals surface area (Å²) in [5.41, 5.74) is -0.681. The number of ether oxygens (including phenoxy) is 1. The fourth-order valence-electron chi connectivity index (χ4n) is 2.55. The first-order chi connectivity index (χ1) is 12.3. The third-order valence-electron chi connectivity index (χ3n) is 3.82. The summed E-state index contributed by atoms with van der Waals surface area (Å²) in [7, 11) is 0. The Morgan fingerprint density at radius 1 is 1.12 bits per heavy atom. The number of aryl methyl sites for hydroxylation is 1. The molecule has 0 aliphatic heterocycles. The molecule has 0 bridgehead atoms. The molecule has 4 nitrogen and oxygen atoms in total. The van der Waals surface area contributed by atoms with Crippen LogP contribution in [0.2, 0.25) is 0 Å². The first-order valence-electron chi connectivity index (χ1n) is 7.74. The van der Waals surface area contributed by atoms with E-state index in [0.717, 1.165) is 23.8 Å². The SMILES string of the molecule is CCc1cc(=O)oc2cc(OC(=O)c3cccc(C(F)(F)F)c3)ccc12. The quantitative estimate of drug-likeness (QED) is 0.388. The summed E-state index contributed by atoms with van der Waals surface area (Å²) in [5, 5.41) is 0.700. The average Bonchev–Trinajstić information content (AvgIpc) is 2.60. The number of hydrogen-bond donors (Lipinski definition) is 0. The van der Waals surface area contributed by atoms with Crippen molar-refractivity contribution >= 4 is 16.9 Å². The summed E-state index contributed by atoms with van der Waals surface area (Å²) in [4.78, 5) is 23.7. The van der Waals surface area contributed by atoms with Crippen molar-refractivity contribution in [3.63, 3.8) is 0 Å². The van der Waals surface area contributed by atoms with Crippen molar-refractivity contribution < 1.29 is 27.1 Å². The summed E-state index contributed by atoms with van der Waals surface area (Å²) >= 11 is 0. The van der Waals surface area contributed by atoms with Crippen LogP contribution in [0.25, 0.3) is 11.0 Å². The van der Waals surface area contributed by atoms with E-state index in [1.54, 1.807) is 6.07 Å². The standard InChI is InChI=1S/C19H13F3O4/c1-2-11-9-17(23)26-16-10-14(6-7-15(11)16)25-18(24)12-4-3-5-13(8-12)19(20,21)22/h3-10H,2H2,1H3. The van der Waals surface area contributed by atoms with Crippen LogP contribution in [0.4, 0.5) is 13.2 Å². The van der Waals surface area contributed by atoms with Gasteiger partial charge in [-0.15, -0.1) is 0 Å². The Bertz CT molecular complexity index is 1030. The van der Waals surface area contributed by atoms with Gasteiger partial charge < -0.3 is 9.15 Å². The minimum atomic E-state index is -4.56. The number of esters is 1. The summed E-state index contributed by atoms with van der Waals surface area (Å²) < 4.78 is 48.5. The van der Waals surface area contributed by atoms with E-state index in [1.807, 2.05) is 6.92 Å². The van der Waals surface area contributed by atoms with E-state index in [4.69, 9.17) is 9.15 Å². The molecule has 0 radical (unpaired) electrons. The van der Waals surface area contributed by atoms with Gasteiger partial charge in [0.05, 0.1) is 11.1 Å².